The molecule has 1 aliphatic heterocycles. The van der Waals surface area contributed by atoms with Crippen LogP contribution < -0.4 is 15.4 Å². The molecule has 0 unspecified atom stereocenters. The molecule has 156 valence electrons. The zero-order valence-electron chi connectivity index (χ0n) is 17.5. The van der Waals surface area contributed by atoms with E-state index in [-0.39, 0.29) is 6.03 Å². The largest absolute Gasteiger partial charge is 0.477 e. The molecule has 2 N–H and O–H groups in total. The Morgan fingerprint density at radius 2 is 1.96 bits per heavy atom. The number of unbranched alkanes of at least 4 members (excludes halogenated alkanes) is 1. The summed E-state index contributed by atoms with van der Waals surface area (Å²) in [6, 6.07) is 3.71. The highest BCUT2D eigenvalue weighted by Crippen LogP contribution is 2.29. The molecule has 6 heteroatoms. The first-order valence-corrected chi connectivity index (χ1v) is 10.9. The van der Waals surface area contributed by atoms with Gasteiger partial charge in [-0.15, -0.1) is 0 Å². The number of carbonyl (C=O) groups excluding carboxylic acids is 1. The molecule has 6 nitrogen and oxygen atoms in total. The van der Waals surface area contributed by atoms with Crippen LogP contribution in [0, 0.1) is 17.8 Å². The highest BCUT2D eigenvalue weighted by atomic mass is 16.5. The molecular weight excluding hydrogens is 352 g/mol. The van der Waals surface area contributed by atoms with Crippen molar-refractivity contribution in [2.75, 3.05) is 32.8 Å². The molecule has 0 bridgehead atoms. The lowest BCUT2D eigenvalue weighted by Gasteiger charge is -2.34. The van der Waals surface area contributed by atoms with Gasteiger partial charge in [0.05, 0.1) is 6.61 Å². The van der Waals surface area contributed by atoms with Crippen molar-refractivity contribution in [2.45, 2.75) is 52.5 Å². The third-order valence-corrected chi connectivity index (χ3v) is 5.55. The Balaban J connectivity index is 1.22. The summed E-state index contributed by atoms with van der Waals surface area (Å²) in [6.45, 7) is 10.2. The zero-order chi connectivity index (χ0) is 19.8. The lowest BCUT2D eigenvalue weighted by molar-refractivity contribution is 0.139. The predicted molar refractivity (Wildman–Crippen MR) is 111 cm³/mol. The fraction of sp³-hybridized carbons (Fsp3) is 0.727. The molecule has 1 saturated carbocycles. The number of amides is 2. The highest BCUT2D eigenvalue weighted by Gasteiger charge is 2.22. The van der Waals surface area contributed by atoms with Crippen LogP contribution in [0.5, 0.6) is 5.88 Å². The number of hydrogen-bond donors (Lipinski definition) is 2. The van der Waals surface area contributed by atoms with Crippen LogP contribution in [0.25, 0.3) is 0 Å². The van der Waals surface area contributed by atoms with Crippen LogP contribution in [0.3, 0.4) is 0 Å². The molecule has 2 amide bonds. The molecule has 1 aliphatic carbocycles. The maximum absolute atomic E-state index is 11.9. The molecule has 0 spiro atoms. The maximum atomic E-state index is 11.9. The van der Waals surface area contributed by atoms with Gasteiger partial charge in [0.1, 0.15) is 0 Å². The van der Waals surface area contributed by atoms with Gasteiger partial charge in [0.2, 0.25) is 5.88 Å². The van der Waals surface area contributed by atoms with E-state index in [1.165, 1.54) is 32.4 Å². The number of piperidine rings is 1. The van der Waals surface area contributed by atoms with Crippen molar-refractivity contribution in [3.63, 3.8) is 0 Å². The highest BCUT2D eigenvalue weighted by molar-refractivity contribution is 5.73. The number of pyridine rings is 1. The normalized spacial score (nSPS) is 22.6. The molecule has 2 heterocycles. The maximum Gasteiger partial charge on any atom is 0.315 e. The summed E-state index contributed by atoms with van der Waals surface area (Å²) in [6.07, 6.45) is 7.81. The first-order chi connectivity index (χ1) is 13.6. The quantitative estimate of drug-likeness (QED) is 0.603. The van der Waals surface area contributed by atoms with Crippen LogP contribution in [-0.4, -0.2) is 48.7 Å². The van der Waals surface area contributed by atoms with Crippen LogP contribution >= 0.6 is 0 Å². The third-order valence-electron chi connectivity index (χ3n) is 5.55. The Morgan fingerprint density at radius 3 is 2.64 bits per heavy atom. The second kappa shape index (κ2) is 10.6. The Kier molecular flexibility index (Phi) is 7.95. The fourth-order valence-corrected chi connectivity index (χ4v) is 3.97. The second-order valence-corrected chi connectivity index (χ2v) is 8.78. The van der Waals surface area contributed by atoms with E-state index in [1.807, 2.05) is 12.1 Å². The van der Waals surface area contributed by atoms with E-state index < -0.39 is 0 Å². The lowest BCUT2D eigenvalue weighted by Crippen LogP contribution is -2.39. The van der Waals surface area contributed by atoms with Gasteiger partial charge < -0.3 is 20.3 Å². The summed E-state index contributed by atoms with van der Waals surface area (Å²) < 4.78 is 5.63. The molecule has 2 fully saturated rings. The number of aromatic nitrogens is 1. The molecule has 1 aromatic rings. The van der Waals surface area contributed by atoms with Crippen molar-refractivity contribution in [1.82, 2.24) is 20.5 Å². The SMILES string of the molecule is C[C@@H]1C[C@H](C)CN(CCCCNC(=O)NCc2ccc(OCC3CC3)nc2)C1. The number of nitrogens with one attached hydrogen (secondary N) is 2. The first-order valence-electron chi connectivity index (χ1n) is 10.9. The summed E-state index contributed by atoms with van der Waals surface area (Å²) in [7, 11) is 0. The van der Waals surface area contributed by atoms with Crippen LogP contribution in [0.15, 0.2) is 18.3 Å². The van der Waals surface area contributed by atoms with Crippen LogP contribution in [-0.2, 0) is 6.54 Å². The van der Waals surface area contributed by atoms with Gasteiger partial charge in [0.15, 0.2) is 0 Å². The average molecular weight is 389 g/mol. The van der Waals surface area contributed by atoms with Gasteiger partial charge in [0.25, 0.3) is 0 Å². The van der Waals surface area contributed by atoms with Crippen LogP contribution in [0.2, 0.25) is 0 Å². The van der Waals surface area contributed by atoms with E-state index in [1.54, 1.807) is 6.20 Å². The van der Waals surface area contributed by atoms with E-state index in [4.69, 9.17) is 4.74 Å². The number of carbonyl (C=O) groups is 1. The molecule has 3 rings (SSSR count). The Labute approximate surface area is 169 Å². The Morgan fingerprint density at radius 1 is 1.18 bits per heavy atom. The lowest BCUT2D eigenvalue weighted by atomic mass is 9.92. The minimum Gasteiger partial charge on any atom is -0.477 e. The van der Waals surface area contributed by atoms with E-state index in [0.717, 1.165) is 55.9 Å². The predicted octanol–water partition coefficient (Wildman–Crippen LogP) is 3.43. The number of ether oxygens (including phenoxy) is 1. The van der Waals surface area contributed by atoms with Crippen molar-refractivity contribution in [3.05, 3.63) is 23.9 Å². The summed E-state index contributed by atoms with van der Waals surface area (Å²) >= 11 is 0. The van der Waals surface area contributed by atoms with Gasteiger partial charge >= 0.3 is 6.03 Å². The molecule has 28 heavy (non-hydrogen) atoms. The second-order valence-electron chi connectivity index (χ2n) is 8.78. The molecular formula is C22H36N4O2. The summed E-state index contributed by atoms with van der Waals surface area (Å²) in [5, 5.41) is 5.83. The van der Waals surface area contributed by atoms with Crippen LogP contribution in [0.4, 0.5) is 4.79 Å². The van der Waals surface area contributed by atoms with Gasteiger partial charge in [-0.05, 0) is 62.0 Å². The van der Waals surface area contributed by atoms with Crippen LogP contribution in [0.1, 0.15) is 51.5 Å². The van der Waals surface area contributed by atoms with Gasteiger partial charge in [-0.25, -0.2) is 9.78 Å². The number of nitrogens with zero attached hydrogens (tertiary/aromatic N) is 2. The van der Waals surface area contributed by atoms with E-state index in [9.17, 15) is 4.79 Å². The number of likely N-dealkylation sites (tertiary alicyclic amines) is 1. The molecule has 1 saturated heterocycles. The van der Waals surface area contributed by atoms with Crippen molar-refractivity contribution in [2.24, 2.45) is 17.8 Å². The molecule has 2 atom stereocenters. The van der Waals surface area contributed by atoms with Crippen molar-refractivity contribution in [3.8, 4) is 5.88 Å². The minimum absolute atomic E-state index is 0.116. The van der Waals surface area contributed by atoms with E-state index in [2.05, 4.69) is 34.4 Å². The van der Waals surface area contributed by atoms with Gasteiger partial charge in [-0.3, -0.25) is 0 Å². The standard InChI is InChI=1S/C22H36N4O2/c1-17-11-18(2)15-26(14-17)10-4-3-9-23-22(27)25-13-20-7-8-21(24-12-20)28-16-19-5-6-19/h7-8,12,17-19H,3-6,9-11,13-16H2,1-2H3,(H2,23,25,27)/t17-,18+. The smallest absolute Gasteiger partial charge is 0.315 e. The number of urea groups is 1. The fourth-order valence-electron chi connectivity index (χ4n) is 3.97. The summed E-state index contributed by atoms with van der Waals surface area (Å²) in [5.41, 5.74) is 0.974. The third kappa shape index (κ3) is 7.66. The molecule has 2 aliphatic rings. The molecule has 0 radical (unpaired) electrons. The molecule has 0 aromatic carbocycles. The summed E-state index contributed by atoms with van der Waals surface area (Å²) in [4.78, 5) is 18.8. The minimum atomic E-state index is -0.116. The first kappa shape index (κ1) is 20.9. The number of rotatable bonds is 10. The van der Waals surface area contributed by atoms with Crippen molar-refractivity contribution in [1.29, 1.82) is 0 Å². The summed E-state index contributed by atoms with van der Waals surface area (Å²) in [5.74, 6) is 3.00. The van der Waals surface area contributed by atoms with E-state index >= 15 is 0 Å². The monoisotopic (exact) mass is 388 g/mol. The van der Waals surface area contributed by atoms with Crippen molar-refractivity contribution >= 4 is 6.03 Å². The van der Waals surface area contributed by atoms with E-state index in [0.29, 0.717) is 12.4 Å². The topological polar surface area (TPSA) is 66.5 Å². The zero-order valence-corrected chi connectivity index (χ0v) is 17.5. The average Bonchev–Trinajstić information content (AvgIpc) is 3.49. The molecule has 1 aromatic heterocycles. The van der Waals surface area contributed by atoms with Gasteiger partial charge in [-0.2, -0.15) is 0 Å². The number of hydrogen-bond acceptors (Lipinski definition) is 4. The van der Waals surface area contributed by atoms with Gasteiger partial charge in [0, 0.05) is 38.4 Å². The Hall–Kier alpha value is -1.82. The van der Waals surface area contributed by atoms with Gasteiger partial charge in [-0.1, -0.05) is 19.9 Å². The Bertz CT molecular complexity index is 593. The van der Waals surface area contributed by atoms with Crippen molar-refractivity contribution < 1.29 is 9.53 Å².